The lowest BCUT2D eigenvalue weighted by molar-refractivity contribution is 0.102. The minimum absolute atomic E-state index is 0.0760. The molecule has 0 aliphatic carbocycles. The molecule has 3 rings (SSSR count). The van der Waals surface area contributed by atoms with Gasteiger partial charge in [-0.3, -0.25) is 4.79 Å². The lowest BCUT2D eigenvalue weighted by Crippen LogP contribution is -2.11. The van der Waals surface area contributed by atoms with Gasteiger partial charge in [0.25, 0.3) is 0 Å². The topological polar surface area (TPSA) is 81.9 Å². The Balaban J connectivity index is 1.64. The zero-order valence-corrected chi connectivity index (χ0v) is 17.8. The van der Waals surface area contributed by atoms with Crippen molar-refractivity contribution < 1.29 is 13.2 Å². The molecule has 2 aromatic rings. The standard InChI is InChI=1S/C19H25N3O3S2/c1-12-7-14(3)16(8-13(12)2)17(23)10-26-19-21-20-18(22(19)4)9-15-5-6-27(24,25)11-15/h7-8,15H,5-6,9-11H2,1-4H3/t15-/m0/s1. The zero-order valence-electron chi connectivity index (χ0n) is 16.2. The van der Waals surface area contributed by atoms with Gasteiger partial charge in [-0.15, -0.1) is 10.2 Å². The van der Waals surface area contributed by atoms with Crippen LogP contribution in [0.3, 0.4) is 0 Å². The molecule has 1 aromatic heterocycles. The molecule has 2 heterocycles. The molecule has 1 aliphatic heterocycles. The molecular weight excluding hydrogens is 382 g/mol. The van der Waals surface area contributed by atoms with Crippen molar-refractivity contribution in [2.75, 3.05) is 17.3 Å². The fourth-order valence-electron chi connectivity index (χ4n) is 3.41. The maximum absolute atomic E-state index is 12.6. The number of aryl methyl sites for hydroxylation is 3. The van der Waals surface area contributed by atoms with Gasteiger partial charge in [0.1, 0.15) is 5.82 Å². The Morgan fingerprint density at radius 1 is 1.19 bits per heavy atom. The zero-order chi connectivity index (χ0) is 19.8. The second-order valence-corrected chi connectivity index (χ2v) is 10.6. The van der Waals surface area contributed by atoms with Crippen LogP contribution in [0.1, 0.15) is 39.3 Å². The average Bonchev–Trinajstić information content (AvgIpc) is 3.11. The van der Waals surface area contributed by atoms with Crippen LogP contribution in [0.5, 0.6) is 0 Å². The number of thioether (sulfide) groups is 1. The number of sulfone groups is 1. The Kier molecular flexibility index (Phi) is 5.76. The monoisotopic (exact) mass is 407 g/mol. The van der Waals surface area contributed by atoms with E-state index in [0.717, 1.165) is 22.5 Å². The van der Waals surface area contributed by atoms with E-state index in [1.807, 2.05) is 44.5 Å². The van der Waals surface area contributed by atoms with Gasteiger partial charge in [0, 0.05) is 19.0 Å². The van der Waals surface area contributed by atoms with Crippen LogP contribution < -0.4 is 0 Å². The Labute approximate surface area is 164 Å². The van der Waals surface area contributed by atoms with E-state index in [0.29, 0.717) is 23.8 Å². The maximum Gasteiger partial charge on any atom is 0.191 e. The fraction of sp³-hybridized carbons (Fsp3) is 0.526. The van der Waals surface area contributed by atoms with Crippen LogP contribution in [0.4, 0.5) is 0 Å². The second-order valence-electron chi connectivity index (χ2n) is 7.39. The highest BCUT2D eigenvalue weighted by atomic mass is 32.2. The number of ketones is 1. The molecule has 0 unspecified atom stereocenters. The van der Waals surface area contributed by atoms with Crippen molar-refractivity contribution in [3.8, 4) is 0 Å². The number of hydrogen-bond donors (Lipinski definition) is 0. The normalized spacial score (nSPS) is 18.7. The van der Waals surface area contributed by atoms with E-state index in [4.69, 9.17) is 0 Å². The highest BCUT2D eigenvalue weighted by molar-refractivity contribution is 7.99. The quantitative estimate of drug-likeness (QED) is 0.541. The summed E-state index contributed by atoms with van der Waals surface area (Å²) in [6, 6.07) is 4.00. The van der Waals surface area contributed by atoms with Crippen molar-refractivity contribution in [2.45, 2.75) is 38.8 Å². The third-order valence-corrected chi connectivity index (χ3v) is 8.05. The molecule has 1 aromatic carbocycles. The Bertz CT molecular complexity index is 980. The Hall–Kier alpha value is -1.67. The predicted octanol–water partition coefficient (Wildman–Crippen LogP) is 2.69. The smallest absolute Gasteiger partial charge is 0.191 e. The number of rotatable bonds is 6. The molecule has 0 radical (unpaired) electrons. The Morgan fingerprint density at radius 2 is 1.89 bits per heavy atom. The minimum atomic E-state index is -2.89. The summed E-state index contributed by atoms with van der Waals surface area (Å²) in [4.78, 5) is 12.6. The molecule has 1 fully saturated rings. The van der Waals surface area contributed by atoms with Crippen molar-refractivity contribution in [1.29, 1.82) is 0 Å². The van der Waals surface area contributed by atoms with Crippen LogP contribution in [-0.2, 0) is 23.3 Å². The van der Waals surface area contributed by atoms with Crippen LogP contribution >= 0.6 is 11.8 Å². The molecule has 0 saturated carbocycles. The predicted molar refractivity (Wildman–Crippen MR) is 107 cm³/mol. The van der Waals surface area contributed by atoms with Gasteiger partial charge in [0.2, 0.25) is 0 Å². The molecule has 0 amide bonds. The highest BCUT2D eigenvalue weighted by Crippen LogP contribution is 2.25. The van der Waals surface area contributed by atoms with Gasteiger partial charge in [0.05, 0.1) is 17.3 Å². The van der Waals surface area contributed by atoms with Crippen molar-refractivity contribution in [3.63, 3.8) is 0 Å². The van der Waals surface area contributed by atoms with Gasteiger partial charge in [-0.1, -0.05) is 17.8 Å². The lowest BCUT2D eigenvalue weighted by atomic mass is 9.99. The van der Waals surface area contributed by atoms with Crippen LogP contribution in [0.15, 0.2) is 17.3 Å². The lowest BCUT2D eigenvalue weighted by Gasteiger charge is -2.09. The molecule has 146 valence electrons. The minimum Gasteiger partial charge on any atom is -0.309 e. The Morgan fingerprint density at radius 3 is 2.56 bits per heavy atom. The third-order valence-electron chi connectivity index (χ3n) is 5.20. The molecule has 8 heteroatoms. The van der Waals surface area contributed by atoms with Crippen molar-refractivity contribution in [3.05, 3.63) is 40.2 Å². The summed E-state index contributed by atoms with van der Waals surface area (Å²) in [6.45, 7) is 6.01. The van der Waals surface area contributed by atoms with Gasteiger partial charge < -0.3 is 4.57 Å². The van der Waals surface area contributed by atoms with E-state index in [-0.39, 0.29) is 23.2 Å². The third kappa shape index (κ3) is 4.60. The first-order valence-electron chi connectivity index (χ1n) is 8.99. The molecule has 1 aliphatic rings. The van der Waals surface area contributed by atoms with E-state index in [1.54, 1.807) is 0 Å². The van der Waals surface area contributed by atoms with Gasteiger partial charge in [-0.2, -0.15) is 0 Å². The molecule has 1 atom stereocenters. The summed E-state index contributed by atoms with van der Waals surface area (Å²) >= 11 is 1.37. The molecule has 0 N–H and O–H groups in total. The summed E-state index contributed by atoms with van der Waals surface area (Å²) in [5.74, 6) is 1.75. The maximum atomic E-state index is 12.6. The van der Waals surface area contributed by atoms with Crippen LogP contribution in [0, 0.1) is 26.7 Å². The van der Waals surface area contributed by atoms with E-state index < -0.39 is 9.84 Å². The SMILES string of the molecule is Cc1cc(C)c(C(=O)CSc2nnc(C[C@@H]3CCS(=O)(=O)C3)n2C)cc1C. The van der Waals surface area contributed by atoms with Crippen molar-refractivity contribution in [1.82, 2.24) is 14.8 Å². The molecule has 6 nitrogen and oxygen atoms in total. The first-order valence-corrected chi connectivity index (χ1v) is 11.8. The first kappa shape index (κ1) is 20.1. The number of hydrogen-bond acceptors (Lipinski definition) is 6. The average molecular weight is 408 g/mol. The summed E-state index contributed by atoms with van der Waals surface area (Å²) in [7, 11) is -1.02. The van der Waals surface area contributed by atoms with Gasteiger partial charge in [-0.25, -0.2) is 8.42 Å². The summed E-state index contributed by atoms with van der Waals surface area (Å²) in [6.07, 6.45) is 1.29. The van der Waals surface area contributed by atoms with Crippen LogP contribution in [0.25, 0.3) is 0 Å². The molecule has 0 spiro atoms. The summed E-state index contributed by atoms with van der Waals surface area (Å²) < 4.78 is 25.1. The largest absolute Gasteiger partial charge is 0.309 e. The first-order chi connectivity index (χ1) is 12.7. The second kappa shape index (κ2) is 7.75. The van der Waals surface area contributed by atoms with Gasteiger partial charge in [-0.05, 0) is 55.9 Å². The van der Waals surface area contributed by atoms with E-state index in [9.17, 15) is 13.2 Å². The summed E-state index contributed by atoms with van der Waals surface area (Å²) in [5.41, 5.74) is 4.04. The number of aromatic nitrogens is 3. The van der Waals surface area contributed by atoms with E-state index in [2.05, 4.69) is 10.2 Å². The van der Waals surface area contributed by atoms with Gasteiger partial charge >= 0.3 is 0 Å². The van der Waals surface area contributed by atoms with Gasteiger partial charge in [0.15, 0.2) is 20.8 Å². The van der Waals surface area contributed by atoms with Crippen molar-refractivity contribution in [2.24, 2.45) is 13.0 Å². The molecule has 1 saturated heterocycles. The van der Waals surface area contributed by atoms with Crippen molar-refractivity contribution >= 4 is 27.4 Å². The van der Waals surface area contributed by atoms with E-state index in [1.165, 1.54) is 17.3 Å². The molecular formula is C19H25N3O3S2. The van der Waals surface area contributed by atoms with E-state index >= 15 is 0 Å². The number of carbonyl (C=O) groups excluding carboxylic acids is 1. The molecule has 27 heavy (non-hydrogen) atoms. The summed E-state index contributed by atoms with van der Waals surface area (Å²) in [5, 5.41) is 9.08. The molecule has 0 bridgehead atoms. The number of Topliss-reactive ketones (excluding diaryl/α,β-unsaturated/α-hetero) is 1. The van der Waals surface area contributed by atoms with Crippen LogP contribution in [0.2, 0.25) is 0 Å². The highest BCUT2D eigenvalue weighted by Gasteiger charge is 2.29. The number of nitrogens with zero attached hydrogens (tertiary/aromatic N) is 3. The van der Waals surface area contributed by atoms with Crippen LogP contribution in [-0.4, -0.2) is 46.2 Å². The number of benzene rings is 1. The number of carbonyl (C=O) groups is 1. The fourth-order valence-corrected chi connectivity index (χ4v) is 6.08.